The van der Waals surface area contributed by atoms with Gasteiger partial charge < -0.3 is 0 Å². The van der Waals surface area contributed by atoms with Crippen LogP contribution in [-0.2, 0) is 16.1 Å². The molecule has 2 aromatic heterocycles. The minimum absolute atomic E-state index is 0.0294. The van der Waals surface area contributed by atoms with Gasteiger partial charge in [-0.05, 0) is 80.3 Å². The molecule has 1 aliphatic heterocycles. The molecule has 1 saturated heterocycles. The Labute approximate surface area is 191 Å². The number of pyridine rings is 1. The SMILES string of the molecule is Cc1nc2ccc(CC3CCC(C(=O)N4OCC[C@H]4c4cc(F)cc(C#N)c4)CC3)cn2n1. The molecule has 33 heavy (non-hydrogen) atoms. The van der Waals surface area contributed by atoms with E-state index in [1.807, 2.05) is 29.8 Å². The van der Waals surface area contributed by atoms with E-state index in [4.69, 9.17) is 10.1 Å². The van der Waals surface area contributed by atoms with Gasteiger partial charge in [0.1, 0.15) is 11.6 Å². The summed E-state index contributed by atoms with van der Waals surface area (Å²) in [6, 6.07) is 9.98. The lowest BCUT2D eigenvalue weighted by atomic mass is 9.79. The van der Waals surface area contributed by atoms with Gasteiger partial charge in [-0.3, -0.25) is 9.63 Å². The molecule has 0 spiro atoms. The number of fused-ring (bicyclic) bond motifs is 1. The van der Waals surface area contributed by atoms with Gasteiger partial charge in [0.25, 0.3) is 0 Å². The fraction of sp³-hybridized carbons (Fsp3) is 0.440. The topological polar surface area (TPSA) is 83.5 Å². The number of amides is 1. The molecule has 3 heterocycles. The zero-order chi connectivity index (χ0) is 22.9. The maximum Gasteiger partial charge on any atom is 0.249 e. The van der Waals surface area contributed by atoms with Crippen LogP contribution >= 0.6 is 0 Å². The Morgan fingerprint density at radius 1 is 1.21 bits per heavy atom. The number of rotatable bonds is 4. The van der Waals surface area contributed by atoms with Crippen LogP contribution in [0.1, 0.15) is 60.7 Å². The Hall–Kier alpha value is -3.31. The molecule has 1 amide bonds. The van der Waals surface area contributed by atoms with Gasteiger partial charge in [-0.15, -0.1) is 0 Å². The molecular formula is C25H26FN5O2. The standard InChI is InChI=1S/C25H26FN5O2/c1-16-28-24-7-4-18(15-30(24)29-16)10-17-2-5-20(6-3-17)25(32)31-23(8-9-33-31)21-11-19(14-27)12-22(26)13-21/h4,7,11-13,15,17,20,23H,2-3,5-6,8-10H2,1H3/t17?,20?,23-/m0/s1. The number of carbonyl (C=O) groups is 1. The summed E-state index contributed by atoms with van der Waals surface area (Å²) in [5, 5.41) is 15.0. The monoisotopic (exact) mass is 447 g/mol. The second-order valence-electron chi connectivity index (χ2n) is 9.11. The summed E-state index contributed by atoms with van der Waals surface area (Å²) < 4.78 is 15.8. The third kappa shape index (κ3) is 4.46. The van der Waals surface area contributed by atoms with Crippen molar-refractivity contribution in [2.45, 2.75) is 51.5 Å². The molecule has 1 atom stereocenters. The largest absolute Gasteiger partial charge is 0.272 e. The lowest BCUT2D eigenvalue weighted by Gasteiger charge is -2.32. The fourth-order valence-electron chi connectivity index (χ4n) is 5.14. The summed E-state index contributed by atoms with van der Waals surface area (Å²) in [5.74, 6) is 0.691. The number of carbonyl (C=O) groups excluding carboxylic acids is 1. The third-order valence-electron chi connectivity index (χ3n) is 6.77. The molecule has 1 aromatic carbocycles. The maximum atomic E-state index is 14.0. The van der Waals surface area contributed by atoms with E-state index in [1.165, 1.54) is 22.8 Å². The van der Waals surface area contributed by atoms with Gasteiger partial charge in [0.2, 0.25) is 5.91 Å². The third-order valence-corrected chi connectivity index (χ3v) is 6.77. The van der Waals surface area contributed by atoms with E-state index in [0.29, 0.717) is 24.5 Å². The molecule has 5 rings (SSSR count). The summed E-state index contributed by atoms with van der Waals surface area (Å²) in [6.07, 6.45) is 7.17. The van der Waals surface area contributed by atoms with Gasteiger partial charge >= 0.3 is 0 Å². The predicted octanol–water partition coefficient (Wildman–Crippen LogP) is 4.30. The van der Waals surface area contributed by atoms with Crippen molar-refractivity contribution in [2.75, 3.05) is 6.61 Å². The van der Waals surface area contributed by atoms with E-state index >= 15 is 0 Å². The van der Waals surface area contributed by atoms with Crippen LogP contribution < -0.4 is 0 Å². The van der Waals surface area contributed by atoms with E-state index in [-0.39, 0.29) is 23.4 Å². The summed E-state index contributed by atoms with van der Waals surface area (Å²) >= 11 is 0. The number of aromatic nitrogens is 3. The molecule has 0 unspecified atom stereocenters. The average molecular weight is 448 g/mol. The van der Waals surface area contributed by atoms with Crippen LogP contribution in [0.15, 0.2) is 36.5 Å². The zero-order valence-electron chi connectivity index (χ0n) is 18.6. The number of nitrogens with zero attached hydrogens (tertiary/aromatic N) is 5. The van der Waals surface area contributed by atoms with Crippen molar-refractivity contribution in [2.24, 2.45) is 11.8 Å². The minimum atomic E-state index is -0.469. The second kappa shape index (κ2) is 8.91. The normalized spacial score (nSPS) is 23.1. The first kappa shape index (κ1) is 21.5. The van der Waals surface area contributed by atoms with Crippen molar-refractivity contribution in [3.63, 3.8) is 0 Å². The Morgan fingerprint density at radius 3 is 2.82 bits per heavy atom. The van der Waals surface area contributed by atoms with Crippen LogP contribution in [0.5, 0.6) is 0 Å². The maximum absolute atomic E-state index is 14.0. The van der Waals surface area contributed by atoms with Crippen molar-refractivity contribution >= 4 is 11.6 Å². The van der Waals surface area contributed by atoms with Crippen LogP contribution in [0, 0.1) is 35.9 Å². The van der Waals surface area contributed by atoms with Crippen LogP contribution in [-0.4, -0.2) is 32.2 Å². The summed E-state index contributed by atoms with van der Waals surface area (Å²) in [6.45, 7) is 2.30. The highest BCUT2D eigenvalue weighted by atomic mass is 19.1. The van der Waals surface area contributed by atoms with Crippen molar-refractivity contribution in [1.29, 1.82) is 5.26 Å². The fourth-order valence-corrected chi connectivity index (χ4v) is 5.14. The van der Waals surface area contributed by atoms with Crippen LogP contribution in [0.3, 0.4) is 0 Å². The molecule has 1 aliphatic carbocycles. The predicted molar refractivity (Wildman–Crippen MR) is 118 cm³/mol. The van der Waals surface area contributed by atoms with Gasteiger partial charge in [-0.1, -0.05) is 6.07 Å². The highest BCUT2D eigenvalue weighted by Gasteiger charge is 2.37. The number of benzene rings is 1. The molecule has 2 aliphatic rings. The van der Waals surface area contributed by atoms with Gasteiger partial charge in [0.15, 0.2) is 5.65 Å². The van der Waals surface area contributed by atoms with Crippen molar-refractivity contribution in [3.05, 3.63) is 64.9 Å². The van der Waals surface area contributed by atoms with E-state index in [0.717, 1.165) is 43.6 Å². The minimum Gasteiger partial charge on any atom is -0.272 e. The van der Waals surface area contributed by atoms with Crippen molar-refractivity contribution in [1.82, 2.24) is 19.7 Å². The molecule has 0 radical (unpaired) electrons. The van der Waals surface area contributed by atoms with E-state index in [1.54, 1.807) is 6.07 Å². The van der Waals surface area contributed by atoms with Gasteiger partial charge in [0.05, 0.1) is 24.3 Å². The highest BCUT2D eigenvalue weighted by Crippen LogP contribution is 2.37. The molecule has 2 fully saturated rings. The van der Waals surface area contributed by atoms with E-state index < -0.39 is 5.82 Å². The molecular weight excluding hydrogens is 421 g/mol. The Kier molecular flexibility index (Phi) is 5.81. The second-order valence-corrected chi connectivity index (χ2v) is 9.11. The number of aryl methyl sites for hydroxylation is 1. The zero-order valence-corrected chi connectivity index (χ0v) is 18.6. The first-order valence-corrected chi connectivity index (χ1v) is 11.5. The number of hydrogen-bond acceptors (Lipinski definition) is 5. The number of halogens is 1. The molecule has 170 valence electrons. The number of nitriles is 1. The van der Waals surface area contributed by atoms with Gasteiger partial charge in [-0.25, -0.2) is 19.0 Å². The van der Waals surface area contributed by atoms with Crippen molar-refractivity contribution in [3.8, 4) is 6.07 Å². The Balaban J connectivity index is 1.21. The average Bonchev–Trinajstić information content (AvgIpc) is 3.44. The number of hydrogen-bond donors (Lipinski definition) is 0. The molecule has 0 N–H and O–H groups in total. The number of hydroxylamine groups is 2. The molecule has 1 saturated carbocycles. The first-order valence-electron chi connectivity index (χ1n) is 11.5. The quantitative estimate of drug-likeness (QED) is 0.595. The molecule has 7 nitrogen and oxygen atoms in total. The summed E-state index contributed by atoms with van der Waals surface area (Å²) in [4.78, 5) is 23.3. The molecule has 3 aromatic rings. The smallest absolute Gasteiger partial charge is 0.249 e. The lowest BCUT2D eigenvalue weighted by Crippen LogP contribution is -2.36. The first-order chi connectivity index (χ1) is 16.0. The van der Waals surface area contributed by atoms with Crippen LogP contribution in [0.25, 0.3) is 5.65 Å². The Bertz CT molecular complexity index is 1230. The molecule has 0 bridgehead atoms. The van der Waals surface area contributed by atoms with Crippen LogP contribution in [0.4, 0.5) is 4.39 Å². The van der Waals surface area contributed by atoms with E-state index in [2.05, 4.69) is 16.1 Å². The van der Waals surface area contributed by atoms with Crippen molar-refractivity contribution < 1.29 is 14.0 Å². The Morgan fingerprint density at radius 2 is 2.03 bits per heavy atom. The van der Waals surface area contributed by atoms with Gasteiger partial charge in [-0.2, -0.15) is 10.4 Å². The lowest BCUT2D eigenvalue weighted by molar-refractivity contribution is -0.183. The summed E-state index contributed by atoms with van der Waals surface area (Å²) in [7, 11) is 0. The highest BCUT2D eigenvalue weighted by molar-refractivity contribution is 5.78. The molecule has 8 heteroatoms. The van der Waals surface area contributed by atoms with Gasteiger partial charge in [0, 0.05) is 18.5 Å². The van der Waals surface area contributed by atoms with E-state index in [9.17, 15) is 9.18 Å². The van der Waals surface area contributed by atoms with Crippen LogP contribution in [0.2, 0.25) is 0 Å². The summed E-state index contributed by atoms with van der Waals surface area (Å²) in [5.41, 5.74) is 2.95.